The van der Waals surface area contributed by atoms with E-state index in [4.69, 9.17) is 11.6 Å². The third-order valence-electron chi connectivity index (χ3n) is 4.30. The van der Waals surface area contributed by atoms with Gasteiger partial charge in [-0.05, 0) is 49.2 Å². The summed E-state index contributed by atoms with van der Waals surface area (Å²) in [6.45, 7) is 1.13. The van der Waals surface area contributed by atoms with Crippen LogP contribution in [-0.2, 0) is 0 Å². The third kappa shape index (κ3) is 4.31. The Morgan fingerprint density at radius 2 is 1.72 bits per heavy atom. The Morgan fingerprint density at radius 3 is 2.40 bits per heavy atom. The lowest BCUT2D eigenvalue weighted by Crippen LogP contribution is -2.46. The minimum Gasteiger partial charge on any atom is -0.508 e. The molecule has 0 spiro atoms. The van der Waals surface area contributed by atoms with Crippen LogP contribution in [0.5, 0.6) is 5.75 Å². The van der Waals surface area contributed by atoms with E-state index in [-0.39, 0.29) is 23.6 Å². The number of phenolic OH excluding ortho intramolecular Hbond substituents is 1. The number of nitrogens with one attached hydrogen (secondary N) is 1. The molecule has 2 aromatic carbocycles. The molecule has 3 rings (SSSR count). The predicted octanol–water partition coefficient (Wildman–Crippen LogP) is 3.08. The highest BCUT2D eigenvalue weighted by molar-refractivity contribution is 6.30. The molecule has 0 radical (unpaired) electrons. The molecule has 5 nitrogen and oxygen atoms in total. The van der Waals surface area contributed by atoms with Gasteiger partial charge in [-0.25, -0.2) is 0 Å². The molecular weight excluding hydrogens is 340 g/mol. The topological polar surface area (TPSA) is 69.6 Å². The monoisotopic (exact) mass is 358 g/mol. The highest BCUT2D eigenvalue weighted by Gasteiger charge is 2.25. The Hall–Kier alpha value is -2.53. The van der Waals surface area contributed by atoms with E-state index in [1.165, 1.54) is 12.1 Å². The van der Waals surface area contributed by atoms with E-state index in [2.05, 4.69) is 5.32 Å². The Labute approximate surface area is 151 Å². The Morgan fingerprint density at radius 1 is 1.04 bits per heavy atom. The molecule has 1 heterocycles. The Balaban J connectivity index is 1.55. The maximum atomic E-state index is 12.5. The Bertz CT molecular complexity index is 786. The molecule has 130 valence electrons. The number of piperidine rings is 1. The molecule has 25 heavy (non-hydrogen) atoms. The summed E-state index contributed by atoms with van der Waals surface area (Å²) in [6, 6.07) is 13.2. The zero-order chi connectivity index (χ0) is 17.8. The number of phenols is 1. The van der Waals surface area contributed by atoms with Gasteiger partial charge in [-0.15, -0.1) is 0 Å². The molecule has 0 aromatic heterocycles. The van der Waals surface area contributed by atoms with Crippen molar-refractivity contribution in [3.8, 4) is 5.75 Å². The molecule has 0 aliphatic carbocycles. The summed E-state index contributed by atoms with van der Waals surface area (Å²) in [5, 5.41) is 13.0. The van der Waals surface area contributed by atoms with Crippen LogP contribution < -0.4 is 5.32 Å². The molecule has 0 unspecified atom stereocenters. The molecule has 0 atom stereocenters. The molecule has 1 fully saturated rings. The van der Waals surface area contributed by atoms with Crippen LogP contribution in [0.15, 0.2) is 48.5 Å². The van der Waals surface area contributed by atoms with E-state index in [0.29, 0.717) is 42.1 Å². The number of aromatic hydroxyl groups is 1. The molecule has 0 saturated carbocycles. The summed E-state index contributed by atoms with van der Waals surface area (Å²) in [5.41, 5.74) is 1.01. The maximum Gasteiger partial charge on any atom is 0.253 e. The number of amides is 2. The minimum atomic E-state index is -0.153. The van der Waals surface area contributed by atoms with Gasteiger partial charge in [0.2, 0.25) is 0 Å². The van der Waals surface area contributed by atoms with Crippen molar-refractivity contribution in [3.05, 3.63) is 64.7 Å². The average molecular weight is 359 g/mol. The van der Waals surface area contributed by atoms with Gasteiger partial charge in [0.1, 0.15) is 5.75 Å². The third-order valence-corrected chi connectivity index (χ3v) is 4.53. The predicted molar refractivity (Wildman–Crippen MR) is 96.0 cm³/mol. The van der Waals surface area contributed by atoms with Crippen molar-refractivity contribution in [2.75, 3.05) is 13.1 Å². The molecule has 2 N–H and O–H groups in total. The average Bonchev–Trinajstić information content (AvgIpc) is 2.62. The van der Waals surface area contributed by atoms with Crippen LogP contribution in [0.3, 0.4) is 0 Å². The van der Waals surface area contributed by atoms with Crippen molar-refractivity contribution in [2.45, 2.75) is 18.9 Å². The summed E-state index contributed by atoms with van der Waals surface area (Å²) < 4.78 is 0. The van der Waals surface area contributed by atoms with Crippen LogP contribution >= 0.6 is 11.6 Å². The van der Waals surface area contributed by atoms with Crippen molar-refractivity contribution in [1.82, 2.24) is 10.2 Å². The fourth-order valence-electron chi connectivity index (χ4n) is 2.95. The van der Waals surface area contributed by atoms with E-state index in [1.54, 1.807) is 41.3 Å². The zero-order valence-corrected chi connectivity index (χ0v) is 14.4. The number of carbonyl (C=O) groups is 2. The van der Waals surface area contributed by atoms with Gasteiger partial charge in [-0.2, -0.15) is 0 Å². The molecular formula is C19H19ClN2O3. The first kappa shape index (κ1) is 17.3. The van der Waals surface area contributed by atoms with Crippen molar-refractivity contribution >= 4 is 23.4 Å². The van der Waals surface area contributed by atoms with Crippen LogP contribution in [0.25, 0.3) is 0 Å². The van der Waals surface area contributed by atoms with Gasteiger partial charge >= 0.3 is 0 Å². The first-order valence-electron chi connectivity index (χ1n) is 8.17. The Kier molecular flexibility index (Phi) is 5.24. The van der Waals surface area contributed by atoms with E-state index in [9.17, 15) is 14.7 Å². The van der Waals surface area contributed by atoms with Gasteiger partial charge < -0.3 is 15.3 Å². The zero-order valence-electron chi connectivity index (χ0n) is 13.6. The molecule has 0 bridgehead atoms. The van der Waals surface area contributed by atoms with Crippen LogP contribution in [-0.4, -0.2) is 41.0 Å². The standard InChI is InChI=1S/C19H19ClN2O3/c20-15-5-1-3-13(11-15)18(24)21-16-7-9-22(10-8-16)19(25)14-4-2-6-17(23)12-14/h1-6,11-12,16,23H,7-10H2,(H,21,24). The second-order valence-electron chi connectivity index (χ2n) is 6.10. The van der Waals surface area contributed by atoms with E-state index in [1.807, 2.05) is 0 Å². The fraction of sp³-hybridized carbons (Fsp3) is 0.263. The largest absolute Gasteiger partial charge is 0.508 e. The highest BCUT2D eigenvalue weighted by atomic mass is 35.5. The molecule has 1 aliphatic rings. The minimum absolute atomic E-state index is 0.0275. The normalized spacial score (nSPS) is 15.0. The van der Waals surface area contributed by atoms with Crippen LogP contribution in [0.4, 0.5) is 0 Å². The second kappa shape index (κ2) is 7.57. The summed E-state index contributed by atoms with van der Waals surface area (Å²) in [5.74, 6) is -0.176. The number of carbonyl (C=O) groups excluding carboxylic acids is 2. The molecule has 1 aliphatic heterocycles. The summed E-state index contributed by atoms with van der Waals surface area (Å²) >= 11 is 5.91. The molecule has 2 amide bonds. The fourth-order valence-corrected chi connectivity index (χ4v) is 3.14. The smallest absolute Gasteiger partial charge is 0.253 e. The maximum absolute atomic E-state index is 12.5. The number of rotatable bonds is 3. The van der Waals surface area contributed by atoms with Crippen LogP contribution in [0.1, 0.15) is 33.6 Å². The number of hydrogen-bond donors (Lipinski definition) is 2. The van der Waals surface area contributed by atoms with Crippen LogP contribution in [0.2, 0.25) is 5.02 Å². The lowest BCUT2D eigenvalue weighted by molar-refractivity contribution is 0.0697. The number of halogens is 1. The van der Waals surface area contributed by atoms with Crippen molar-refractivity contribution in [1.29, 1.82) is 0 Å². The lowest BCUT2D eigenvalue weighted by atomic mass is 10.0. The van der Waals surface area contributed by atoms with Crippen molar-refractivity contribution < 1.29 is 14.7 Å². The van der Waals surface area contributed by atoms with Gasteiger partial charge in [0.05, 0.1) is 0 Å². The number of likely N-dealkylation sites (tertiary alicyclic amines) is 1. The summed E-state index contributed by atoms with van der Waals surface area (Å²) in [6.07, 6.45) is 1.38. The second-order valence-corrected chi connectivity index (χ2v) is 6.54. The SMILES string of the molecule is O=C(NC1CCN(C(=O)c2cccc(O)c2)CC1)c1cccc(Cl)c1. The van der Waals surface area contributed by atoms with Gasteiger partial charge in [0.25, 0.3) is 11.8 Å². The van der Waals surface area contributed by atoms with E-state index in [0.717, 1.165) is 0 Å². The van der Waals surface area contributed by atoms with Gasteiger partial charge in [0, 0.05) is 35.3 Å². The number of hydrogen-bond acceptors (Lipinski definition) is 3. The van der Waals surface area contributed by atoms with Crippen LogP contribution in [0, 0.1) is 0 Å². The van der Waals surface area contributed by atoms with Gasteiger partial charge in [0.15, 0.2) is 0 Å². The van der Waals surface area contributed by atoms with Crippen molar-refractivity contribution in [3.63, 3.8) is 0 Å². The number of benzene rings is 2. The first-order chi connectivity index (χ1) is 12.0. The van der Waals surface area contributed by atoms with Crippen molar-refractivity contribution in [2.24, 2.45) is 0 Å². The summed E-state index contributed by atoms with van der Waals surface area (Å²) in [7, 11) is 0. The summed E-state index contributed by atoms with van der Waals surface area (Å²) in [4.78, 5) is 26.5. The first-order valence-corrected chi connectivity index (χ1v) is 8.55. The quantitative estimate of drug-likeness (QED) is 0.885. The highest BCUT2D eigenvalue weighted by Crippen LogP contribution is 2.18. The molecule has 1 saturated heterocycles. The number of nitrogens with zero attached hydrogens (tertiary/aromatic N) is 1. The van der Waals surface area contributed by atoms with Gasteiger partial charge in [-0.1, -0.05) is 23.7 Å². The van der Waals surface area contributed by atoms with E-state index < -0.39 is 0 Å². The molecule has 2 aromatic rings. The van der Waals surface area contributed by atoms with Gasteiger partial charge in [-0.3, -0.25) is 9.59 Å². The van der Waals surface area contributed by atoms with E-state index >= 15 is 0 Å². The lowest BCUT2D eigenvalue weighted by Gasteiger charge is -2.32. The molecule has 6 heteroatoms.